The molecule has 1 amide bonds. The van der Waals surface area contributed by atoms with Crippen LogP contribution in [0.15, 0.2) is 30.3 Å². The topological polar surface area (TPSA) is 50.2 Å². The van der Waals surface area contributed by atoms with Gasteiger partial charge in [0.15, 0.2) is 0 Å². The number of nitrogens with one attached hydrogen (secondary N) is 1. The molecule has 5 nitrogen and oxygen atoms in total. The Labute approximate surface area is 161 Å². The van der Waals surface area contributed by atoms with Crippen molar-refractivity contribution < 1.29 is 9.18 Å². The second-order valence-corrected chi connectivity index (χ2v) is 7.23. The van der Waals surface area contributed by atoms with Crippen LogP contribution in [0.5, 0.6) is 0 Å². The maximum absolute atomic E-state index is 13.2. The van der Waals surface area contributed by atoms with Gasteiger partial charge in [-0.15, -0.1) is 23.7 Å². The van der Waals surface area contributed by atoms with E-state index in [9.17, 15) is 9.18 Å². The third-order valence-electron chi connectivity index (χ3n) is 4.45. The van der Waals surface area contributed by atoms with Gasteiger partial charge in [0, 0.05) is 25.0 Å². The zero-order chi connectivity index (χ0) is 17.4. The highest BCUT2D eigenvalue weighted by molar-refractivity contribution is 7.20. The molecule has 0 bridgehead atoms. The SMILES string of the molecule is Cc1nn(-c2ccc(F)cc2)c2sc(C(=O)N3CCCNCC3)cc12.Cl. The van der Waals surface area contributed by atoms with Crippen molar-refractivity contribution in [1.29, 1.82) is 0 Å². The van der Waals surface area contributed by atoms with Gasteiger partial charge in [-0.2, -0.15) is 5.10 Å². The number of halogens is 2. The van der Waals surface area contributed by atoms with Crippen molar-refractivity contribution in [3.05, 3.63) is 46.7 Å². The third kappa shape index (κ3) is 3.47. The van der Waals surface area contributed by atoms with Crippen molar-refractivity contribution in [2.24, 2.45) is 0 Å². The Morgan fingerprint density at radius 2 is 2.00 bits per heavy atom. The molecule has 1 N–H and O–H groups in total. The molecular formula is C18H20ClFN4OS. The quantitative estimate of drug-likeness (QED) is 0.724. The third-order valence-corrected chi connectivity index (χ3v) is 5.55. The predicted octanol–water partition coefficient (Wildman–Crippen LogP) is 3.39. The van der Waals surface area contributed by atoms with E-state index in [0.29, 0.717) is 0 Å². The van der Waals surface area contributed by atoms with E-state index in [0.717, 1.165) is 59.1 Å². The second-order valence-electron chi connectivity index (χ2n) is 6.20. The molecule has 0 unspecified atom stereocenters. The molecular weight excluding hydrogens is 375 g/mol. The summed E-state index contributed by atoms with van der Waals surface area (Å²) in [5.41, 5.74) is 1.66. The van der Waals surface area contributed by atoms with E-state index in [-0.39, 0.29) is 24.1 Å². The number of benzene rings is 1. The van der Waals surface area contributed by atoms with Crippen LogP contribution in [0.4, 0.5) is 4.39 Å². The Balaban J connectivity index is 0.00000196. The number of hydrogen-bond donors (Lipinski definition) is 1. The molecule has 0 aliphatic carbocycles. The first kappa shape index (κ1) is 18.8. The van der Waals surface area contributed by atoms with Gasteiger partial charge in [0.25, 0.3) is 5.91 Å². The lowest BCUT2D eigenvalue weighted by molar-refractivity contribution is 0.0771. The molecule has 1 saturated heterocycles. The number of nitrogens with zero attached hydrogens (tertiary/aromatic N) is 3. The summed E-state index contributed by atoms with van der Waals surface area (Å²) in [6.45, 7) is 5.23. The largest absolute Gasteiger partial charge is 0.337 e. The van der Waals surface area contributed by atoms with Gasteiger partial charge in [0.05, 0.1) is 16.3 Å². The molecule has 1 aromatic carbocycles. The van der Waals surface area contributed by atoms with Crippen LogP contribution in [0, 0.1) is 12.7 Å². The summed E-state index contributed by atoms with van der Waals surface area (Å²) in [6, 6.07) is 8.17. The number of amides is 1. The number of aromatic nitrogens is 2. The van der Waals surface area contributed by atoms with Crippen molar-refractivity contribution in [2.45, 2.75) is 13.3 Å². The van der Waals surface area contributed by atoms with Crippen molar-refractivity contribution >= 4 is 39.9 Å². The van der Waals surface area contributed by atoms with E-state index in [1.807, 2.05) is 17.9 Å². The maximum Gasteiger partial charge on any atom is 0.264 e. The monoisotopic (exact) mass is 394 g/mol. The van der Waals surface area contributed by atoms with E-state index < -0.39 is 0 Å². The number of rotatable bonds is 2. The van der Waals surface area contributed by atoms with Gasteiger partial charge in [-0.3, -0.25) is 4.79 Å². The normalized spacial score (nSPS) is 14.9. The lowest BCUT2D eigenvalue weighted by Crippen LogP contribution is -2.33. The van der Waals surface area contributed by atoms with Crippen LogP contribution in [-0.4, -0.2) is 46.8 Å². The van der Waals surface area contributed by atoms with Crippen molar-refractivity contribution in [3.63, 3.8) is 0 Å². The zero-order valence-corrected chi connectivity index (χ0v) is 16.0. The summed E-state index contributed by atoms with van der Waals surface area (Å²) in [7, 11) is 0. The van der Waals surface area contributed by atoms with Crippen LogP contribution in [0.3, 0.4) is 0 Å². The van der Waals surface area contributed by atoms with E-state index in [4.69, 9.17) is 0 Å². The number of hydrogen-bond acceptors (Lipinski definition) is 4. The molecule has 1 aliphatic rings. The fourth-order valence-electron chi connectivity index (χ4n) is 3.11. The molecule has 0 atom stereocenters. The van der Waals surface area contributed by atoms with E-state index in [1.165, 1.54) is 23.5 Å². The van der Waals surface area contributed by atoms with Crippen LogP contribution < -0.4 is 5.32 Å². The summed E-state index contributed by atoms with van der Waals surface area (Å²) in [4.78, 5) is 16.4. The summed E-state index contributed by atoms with van der Waals surface area (Å²) in [6.07, 6.45) is 0.971. The molecule has 3 aromatic rings. The lowest BCUT2D eigenvalue weighted by atomic mass is 10.3. The van der Waals surface area contributed by atoms with Crippen LogP contribution in [-0.2, 0) is 0 Å². The number of carbonyl (C=O) groups is 1. The van der Waals surface area contributed by atoms with Gasteiger partial charge in [0.2, 0.25) is 0 Å². The second kappa shape index (κ2) is 7.73. The first-order chi connectivity index (χ1) is 12.1. The fourth-order valence-corrected chi connectivity index (χ4v) is 4.27. The van der Waals surface area contributed by atoms with E-state index in [1.54, 1.807) is 16.8 Å². The van der Waals surface area contributed by atoms with Gasteiger partial charge in [-0.25, -0.2) is 9.07 Å². The first-order valence-corrected chi connectivity index (χ1v) is 9.20. The predicted molar refractivity (Wildman–Crippen MR) is 104 cm³/mol. The molecule has 0 spiro atoms. The molecule has 138 valence electrons. The highest BCUT2D eigenvalue weighted by atomic mass is 35.5. The Bertz CT molecular complexity index is 913. The average Bonchev–Trinajstić information content (AvgIpc) is 3.04. The summed E-state index contributed by atoms with van der Waals surface area (Å²) < 4.78 is 15.0. The average molecular weight is 395 g/mol. The molecule has 1 fully saturated rings. The maximum atomic E-state index is 13.2. The molecule has 3 heterocycles. The first-order valence-electron chi connectivity index (χ1n) is 8.38. The minimum atomic E-state index is -0.277. The molecule has 0 saturated carbocycles. The minimum absolute atomic E-state index is 0. The van der Waals surface area contributed by atoms with Crippen molar-refractivity contribution in [3.8, 4) is 5.69 Å². The lowest BCUT2D eigenvalue weighted by Gasteiger charge is -2.18. The van der Waals surface area contributed by atoms with Gasteiger partial charge in [0.1, 0.15) is 10.6 Å². The number of fused-ring (bicyclic) bond motifs is 1. The molecule has 8 heteroatoms. The Morgan fingerprint density at radius 1 is 1.23 bits per heavy atom. The van der Waals surface area contributed by atoms with Crippen LogP contribution in [0.1, 0.15) is 21.8 Å². The summed E-state index contributed by atoms with van der Waals surface area (Å²) in [5.74, 6) is -0.198. The molecule has 0 radical (unpaired) electrons. The highest BCUT2D eigenvalue weighted by Crippen LogP contribution is 2.31. The fraction of sp³-hybridized carbons (Fsp3) is 0.333. The Hall–Kier alpha value is -1.96. The number of aryl methyl sites for hydroxylation is 1. The van der Waals surface area contributed by atoms with Crippen LogP contribution >= 0.6 is 23.7 Å². The van der Waals surface area contributed by atoms with Gasteiger partial charge in [-0.05, 0) is 50.2 Å². The van der Waals surface area contributed by atoms with Crippen LogP contribution in [0.25, 0.3) is 15.9 Å². The molecule has 2 aromatic heterocycles. The van der Waals surface area contributed by atoms with Crippen molar-refractivity contribution in [2.75, 3.05) is 26.2 Å². The summed E-state index contributed by atoms with van der Waals surface area (Å²) >= 11 is 1.45. The number of carbonyl (C=O) groups excluding carboxylic acids is 1. The standard InChI is InChI=1S/C18H19FN4OS.ClH/c1-12-15-11-16(17(24)22-9-2-7-20-8-10-22)25-18(15)23(21-12)14-5-3-13(19)4-6-14;/h3-6,11,20H,2,7-10H2,1H3;1H. The van der Waals surface area contributed by atoms with E-state index >= 15 is 0 Å². The molecule has 4 rings (SSSR count). The van der Waals surface area contributed by atoms with Crippen molar-refractivity contribution in [1.82, 2.24) is 20.0 Å². The smallest absolute Gasteiger partial charge is 0.264 e. The minimum Gasteiger partial charge on any atom is -0.337 e. The van der Waals surface area contributed by atoms with Crippen LogP contribution in [0.2, 0.25) is 0 Å². The molecule has 1 aliphatic heterocycles. The zero-order valence-electron chi connectivity index (χ0n) is 14.4. The van der Waals surface area contributed by atoms with Gasteiger partial charge >= 0.3 is 0 Å². The molecule has 26 heavy (non-hydrogen) atoms. The van der Waals surface area contributed by atoms with E-state index in [2.05, 4.69) is 10.4 Å². The van der Waals surface area contributed by atoms with Gasteiger partial charge < -0.3 is 10.2 Å². The Kier molecular flexibility index (Phi) is 5.60. The Morgan fingerprint density at radius 3 is 2.77 bits per heavy atom. The highest BCUT2D eigenvalue weighted by Gasteiger charge is 2.22. The number of thiophene rings is 1. The summed E-state index contributed by atoms with van der Waals surface area (Å²) in [5, 5.41) is 8.84. The van der Waals surface area contributed by atoms with Gasteiger partial charge in [-0.1, -0.05) is 0 Å².